The predicted molar refractivity (Wildman–Crippen MR) is 49.3 cm³/mol. The SMILES string of the molecule is NC1=Nc2ccccc2NC1N. The Balaban J connectivity index is 2.49. The lowest BCUT2D eigenvalue weighted by Gasteiger charge is -2.20. The van der Waals surface area contributed by atoms with Crippen LogP contribution in [-0.4, -0.2) is 12.0 Å². The van der Waals surface area contributed by atoms with Crippen LogP contribution in [0.1, 0.15) is 0 Å². The van der Waals surface area contributed by atoms with E-state index in [1.54, 1.807) is 0 Å². The second-order valence-electron chi connectivity index (χ2n) is 2.68. The normalized spacial score (nSPS) is 20.8. The fourth-order valence-electron chi connectivity index (χ4n) is 1.14. The van der Waals surface area contributed by atoms with E-state index in [-0.39, 0.29) is 6.17 Å². The first-order valence-electron chi connectivity index (χ1n) is 3.72. The van der Waals surface area contributed by atoms with Crippen molar-refractivity contribution in [2.75, 3.05) is 5.32 Å². The van der Waals surface area contributed by atoms with Crippen molar-refractivity contribution >= 4 is 17.2 Å². The van der Waals surface area contributed by atoms with Gasteiger partial charge in [-0.1, -0.05) is 12.1 Å². The first-order valence-corrected chi connectivity index (χ1v) is 3.72. The molecule has 0 bridgehead atoms. The molecule has 4 heteroatoms. The number of nitrogens with one attached hydrogen (secondary N) is 1. The topological polar surface area (TPSA) is 76.4 Å². The molecule has 0 saturated heterocycles. The third kappa shape index (κ3) is 1.02. The van der Waals surface area contributed by atoms with Gasteiger partial charge in [-0.05, 0) is 12.1 Å². The first-order chi connectivity index (χ1) is 5.77. The molecule has 0 aliphatic carbocycles. The summed E-state index contributed by atoms with van der Waals surface area (Å²) in [7, 11) is 0. The molecule has 1 aromatic carbocycles. The molecule has 0 amide bonds. The molecular formula is C8H10N4. The summed E-state index contributed by atoms with van der Waals surface area (Å²) < 4.78 is 0. The Labute approximate surface area is 70.3 Å². The van der Waals surface area contributed by atoms with Gasteiger partial charge in [0.2, 0.25) is 0 Å². The number of fused-ring (bicyclic) bond motifs is 1. The largest absolute Gasteiger partial charge is 0.384 e. The van der Waals surface area contributed by atoms with E-state index in [0.29, 0.717) is 5.84 Å². The minimum Gasteiger partial charge on any atom is -0.384 e. The number of hydrogen-bond donors (Lipinski definition) is 3. The molecule has 1 aromatic rings. The zero-order valence-electron chi connectivity index (χ0n) is 6.49. The van der Waals surface area contributed by atoms with Crippen molar-refractivity contribution in [3.8, 4) is 0 Å². The molecule has 1 unspecified atom stereocenters. The zero-order valence-corrected chi connectivity index (χ0v) is 6.49. The van der Waals surface area contributed by atoms with Crippen LogP contribution < -0.4 is 16.8 Å². The molecule has 12 heavy (non-hydrogen) atoms. The molecule has 2 rings (SSSR count). The Bertz CT molecular complexity index is 332. The van der Waals surface area contributed by atoms with Gasteiger partial charge < -0.3 is 16.8 Å². The van der Waals surface area contributed by atoms with Gasteiger partial charge >= 0.3 is 0 Å². The van der Waals surface area contributed by atoms with Crippen molar-refractivity contribution in [1.82, 2.24) is 0 Å². The van der Waals surface area contributed by atoms with Crippen LogP contribution in [0.5, 0.6) is 0 Å². The lowest BCUT2D eigenvalue weighted by Crippen LogP contribution is -2.44. The summed E-state index contributed by atoms with van der Waals surface area (Å²) in [5.41, 5.74) is 13.0. The van der Waals surface area contributed by atoms with Crippen LogP contribution in [0, 0.1) is 0 Å². The maximum absolute atomic E-state index is 5.63. The summed E-state index contributed by atoms with van der Waals surface area (Å²) in [6.07, 6.45) is -0.361. The van der Waals surface area contributed by atoms with Gasteiger partial charge in [0.1, 0.15) is 12.0 Å². The molecule has 0 spiro atoms. The van der Waals surface area contributed by atoms with Gasteiger partial charge in [-0.15, -0.1) is 0 Å². The molecule has 1 atom stereocenters. The molecule has 0 saturated carbocycles. The van der Waals surface area contributed by atoms with Crippen LogP contribution in [0.3, 0.4) is 0 Å². The molecule has 1 aliphatic heterocycles. The lowest BCUT2D eigenvalue weighted by atomic mass is 10.2. The first kappa shape index (κ1) is 7.12. The van der Waals surface area contributed by atoms with E-state index in [1.165, 1.54) is 0 Å². The van der Waals surface area contributed by atoms with Gasteiger partial charge in [0.05, 0.1) is 11.4 Å². The van der Waals surface area contributed by atoms with Crippen LogP contribution in [-0.2, 0) is 0 Å². The van der Waals surface area contributed by atoms with Crippen LogP contribution in [0.4, 0.5) is 11.4 Å². The smallest absolute Gasteiger partial charge is 0.137 e. The summed E-state index contributed by atoms with van der Waals surface area (Å²) >= 11 is 0. The van der Waals surface area contributed by atoms with Crippen molar-refractivity contribution in [2.24, 2.45) is 16.5 Å². The van der Waals surface area contributed by atoms with E-state index in [9.17, 15) is 0 Å². The fraction of sp³-hybridized carbons (Fsp3) is 0.125. The summed E-state index contributed by atoms with van der Waals surface area (Å²) in [5.74, 6) is 0.425. The second kappa shape index (κ2) is 2.49. The Morgan fingerprint density at radius 1 is 1.33 bits per heavy atom. The van der Waals surface area contributed by atoms with E-state index >= 15 is 0 Å². The highest BCUT2D eigenvalue weighted by molar-refractivity contribution is 5.94. The highest BCUT2D eigenvalue weighted by atomic mass is 15.1. The second-order valence-corrected chi connectivity index (χ2v) is 2.68. The number of anilines is 1. The Morgan fingerprint density at radius 2 is 2.08 bits per heavy atom. The van der Waals surface area contributed by atoms with Crippen LogP contribution in [0.15, 0.2) is 29.3 Å². The zero-order chi connectivity index (χ0) is 8.55. The molecule has 0 aromatic heterocycles. The molecule has 1 aliphatic rings. The van der Waals surface area contributed by atoms with E-state index in [4.69, 9.17) is 11.5 Å². The van der Waals surface area contributed by atoms with Crippen molar-refractivity contribution in [2.45, 2.75) is 6.17 Å². The Morgan fingerprint density at radius 3 is 2.92 bits per heavy atom. The third-order valence-corrected chi connectivity index (χ3v) is 1.78. The van der Waals surface area contributed by atoms with Gasteiger partial charge in [-0.2, -0.15) is 0 Å². The quantitative estimate of drug-likeness (QED) is 0.516. The molecule has 5 N–H and O–H groups in total. The van der Waals surface area contributed by atoms with Crippen LogP contribution >= 0.6 is 0 Å². The van der Waals surface area contributed by atoms with Gasteiger partial charge in [0.15, 0.2) is 0 Å². The van der Waals surface area contributed by atoms with Crippen molar-refractivity contribution in [3.05, 3.63) is 24.3 Å². The Kier molecular flexibility index (Phi) is 1.48. The molecular weight excluding hydrogens is 152 g/mol. The number of aliphatic imine (C=N–C) groups is 1. The number of nitrogens with zero attached hydrogens (tertiary/aromatic N) is 1. The minimum atomic E-state index is -0.361. The van der Waals surface area contributed by atoms with Crippen molar-refractivity contribution in [1.29, 1.82) is 0 Å². The fourth-order valence-corrected chi connectivity index (χ4v) is 1.14. The van der Waals surface area contributed by atoms with E-state index in [1.807, 2.05) is 24.3 Å². The van der Waals surface area contributed by atoms with Crippen molar-refractivity contribution in [3.63, 3.8) is 0 Å². The Hall–Kier alpha value is -1.55. The summed E-state index contributed by atoms with van der Waals surface area (Å²) in [5, 5.41) is 3.03. The van der Waals surface area contributed by atoms with Gasteiger partial charge in [0, 0.05) is 0 Å². The average molecular weight is 162 g/mol. The summed E-state index contributed by atoms with van der Waals surface area (Å²) in [6.45, 7) is 0. The highest BCUT2D eigenvalue weighted by Crippen LogP contribution is 2.27. The van der Waals surface area contributed by atoms with Gasteiger partial charge in [-0.25, -0.2) is 4.99 Å². The third-order valence-electron chi connectivity index (χ3n) is 1.78. The molecule has 1 heterocycles. The predicted octanol–water partition coefficient (Wildman–Crippen LogP) is 0.386. The molecule has 62 valence electrons. The number of amidine groups is 1. The lowest BCUT2D eigenvalue weighted by molar-refractivity contribution is 0.961. The number of rotatable bonds is 0. The molecule has 0 radical (unpaired) electrons. The molecule has 4 nitrogen and oxygen atoms in total. The van der Waals surface area contributed by atoms with E-state index < -0.39 is 0 Å². The number of para-hydroxylation sites is 2. The summed E-state index contributed by atoms with van der Waals surface area (Å²) in [6, 6.07) is 7.65. The van der Waals surface area contributed by atoms with E-state index in [0.717, 1.165) is 11.4 Å². The number of benzene rings is 1. The van der Waals surface area contributed by atoms with Crippen LogP contribution in [0.2, 0.25) is 0 Å². The number of hydrogen-bond acceptors (Lipinski definition) is 4. The standard InChI is InChI=1S/C8H10N4/c9-7-8(10)12-6-4-2-1-3-5(6)11-7/h1-4,7,11H,9H2,(H2,10,12). The maximum atomic E-state index is 5.63. The van der Waals surface area contributed by atoms with Gasteiger partial charge in [-0.3, -0.25) is 0 Å². The highest BCUT2D eigenvalue weighted by Gasteiger charge is 2.14. The van der Waals surface area contributed by atoms with Crippen molar-refractivity contribution < 1.29 is 0 Å². The monoisotopic (exact) mass is 162 g/mol. The minimum absolute atomic E-state index is 0.361. The van der Waals surface area contributed by atoms with Crippen LogP contribution in [0.25, 0.3) is 0 Å². The average Bonchev–Trinajstić information content (AvgIpc) is 2.07. The molecule has 0 fully saturated rings. The number of nitrogens with two attached hydrogens (primary N) is 2. The van der Waals surface area contributed by atoms with E-state index in [2.05, 4.69) is 10.3 Å². The maximum Gasteiger partial charge on any atom is 0.137 e. The van der Waals surface area contributed by atoms with Gasteiger partial charge in [0.25, 0.3) is 0 Å². The summed E-state index contributed by atoms with van der Waals surface area (Å²) in [4.78, 5) is 4.13.